The molecule has 0 spiro atoms. The molecule has 0 atom stereocenters. The first-order valence-electron chi connectivity index (χ1n) is 11.5. The summed E-state index contributed by atoms with van der Waals surface area (Å²) in [7, 11) is 0. The summed E-state index contributed by atoms with van der Waals surface area (Å²) in [5.41, 5.74) is 3.02. The topological polar surface area (TPSA) is 23.8 Å². The Hall–Kier alpha value is -1.55. The Morgan fingerprint density at radius 2 is 1.44 bits per heavy atom. The molecule has 1 aromatic rings. The van der Waals surface area contributed by atoms with Crippen molar-refractivity contribution < 1.29 is 0 Å². The molecule has 1 saturated carbocycles. The van der Waals surface area contributed by atoms with Crippen molar-refractivity contribution in [2.75, 3.05) is 0 Å². The van der Waals surface area contributed by atoms with E-state index in [0.717, 1.165) is 5.92 Å². The number of allylic oxidation sites excluding steroid dienone is 2. The summed E-state index contributed by atoms with van der Waals surface area (Å²) in [6, 6.07) is 11.5. The third kappa shape index (κ3) is 9.28. The molecule has 0 aliphatic heterocycles. The summed E-state index contributed by atoms with van der Waals surface area (Å²) in [6.07, 6.45) is 22.5. The van der Waals surface area contributed by atoms with Crippen LogP contribution in [0.15, 0.2) is 36.4 Å². The van der Waals surface area contributed by atoms with E-state index >= 15 is 0 Å². The lowest BCUT2D eigenvalue weighted by Crippen LogP contribution is -2.13. The van der Waals surface area contributed by atoms with E-state index in [1.807, 2.05) is 0 Å². The first-order chi connectivity index (χ1) is 13.3. The number of unbranched alkanes of at least 4 members (excludes halogenated alkanes) is 5. The minimum absolute atomic E-state index is 0.658. The molecule has 0 N–H and O–H groups in total. The van der Waals surface area contributed by atoms with Crippen LogP contribution in [0.4, 0.5) is 0 Å². The van der Waals surface area contributed by atoms with Gasteiger partial charge in [0.2, 0.25) is 0 Å². The number of nitriles is 1. The predicted molar refractivity (Wildman–Crippen MR) is 117 cm³/mol. The van der Waals surface area contributed by atoms with E-state index < -0.39 is 0 Å². The Kier molecular flexibility index (Phi) is 10.9. The molecule has 0 bridgehead atoms. The maximum atomic E-state index is 8.63. The van der Waals surface area contributed by atoms with Gasteiger partial charge in [-0.2, -0.15) is 5.26 Å². The smallest absolute Gasteiger partial charge is 0.0908 e. The zero-order valence-electron chi connectivity index (χ0n) is 17.5. The molecule has 1 nitrogen and oxygen atoms in total. The number of hydrogen-bond donors (Lipinski definition) is 0. The lowest BCUT2D eigenvalue weighted by Gasteiger charge is -2.26. The van der Waals surface area contributed by atoms with Gasteiger partial charge in [0.05, 0.1) is 6.07 Å². The monoisotopic (exact) mass is 365 g/mol. The molecule has 1 aliphatic carbocycles. The zero-order valence-corrected chi connectivity index (χ0v) is 17.5. The predicted octanol–water partition coefficient (Wildman–Crippen LogP) is 7.80. The third-order valence-corrected chi connectivity index (χ3v) is 6.25. The van der Waals surface area contributed by atoms with Crippen LogP contribution >= 0.6 is 0 Å². The molecule has 0 aromatic heterocycles. The van der Waals surface area contributed by atoms with Crippen molar-refractivity contribution in [2.24, 2.45) is 11.8 Å². The fourth-order valence-corrected chi connectivity index (χ4v) is 4.42. The summed E-state index contributed by atoms with van der Waals surface area (Å²) in [6.45, 7) is 2.28. The fourth-order valence-electron chi connectivity index (χ4n) is 4.42. The van der Waals surface area contributed by atoms with Crippen molar-refractivity contribution in [1.29, 1.82) is 5.26 Å². The van der Waals surface area contributed by atoms with Crippen molar-refractivity contribution in [3.8, 4) is 6.07 Å². The van der Waals surface area contributed by atoms with Crippen molar-refractivity contribution >= 4 is 0 Å². The van der Waals surface area contributed by atoms with Crippen LogP contribution in [0.2, 0.25) is 0 Å². The molecule has 27 heavy (non-hydrogen) atoms. The lowest BCUT2D eigenvalue weighted by atomic mass is 9.79. The number of aryl methyl sites for hydroxylation is 2. The van der Waals surface area contributed by atoms with Gasteiger partial charge in [0, 0.05) is 6.08 Å². The van der Waals surface area contributed by atoms with Crippen LogP contribution in [0, 0.1) is 23.2 Å². The van der Waals surface area contributed by atoms with Crippen LogP contribution in [0.1, 0.15) is 95.1 Å². The van der Waals surface area contributed by atoms with E-state index in [1.165, 1.54) is 101 Å². The van der Waals surface area contributed by atoms with Gasteiger partial charge in [-0.3, -0.25) is 0 Å². The number of rotatable bonds is 12. The zero-order chi connectivity index (χ0) is 19.2. The second-order valence-electron chi connectivity index (χ2n) is 8.50. The summed E-state index contributed by atoms with van der Waals surface area (Å²) in [5.74, 6) is 1.58. The standard InChI is InChI=1S/C26H39N/c1-2-3-4-5-6-10-23-14-16-24(17-15-23)11-7-8-12-25-18-20-26(21-19-25)13-9-22-27/h9,13-17,25-26H,2-8,10-12,18-21H2,1H3. The van der Waals surface area contributed by atoms with Gasteiger partial charge in [0.25, 0.3) is 0 Å². The fraction of sp³-hybridized carbons (Fsp3) is 0.654. The molecule has 148 valence electrons. The summed E-state index contributed by atoms with van der Waals surface area (Å²) < 4.78 is 0. The molecular formula is C26H39N. The van der Waals surface area contributed by atoms with Gasteiger partial charge in [-0.1, -0.05) is 75.8 Å². The molecule has 1 aliphatic rings. The highest BCUT2D eigenvalue weighted by atomic mass is 14.3. The summed E-state index contributed by atoms with van der Waals surface area (Å²) >= 11 is 0. The van der Waals surface area contributed by atoms with E-state index in [1.54, 1.807) is 6.08 Å². The van der Waals surface area contributed by atoms with Gasteiger partial charge in [-0.25, -0.2) is 0 Å². The SMILES string of the molecule is CCCCCCCc1ccc(CCCCC2CCC(C=CC#N)CC2)cc1. The number of hydrogen-bond acceptors (Lipinski definition) is 1. The second-order valence-corrected chi connectivity index (χ2v) is 8.50. The van der Waals surface area contributed by atoms with Crippen LogP contribution in [0.5, 0.6) is 0 Å². The molecule has 0 amide bonds. The van der Waals surface area contributed by atoms with Crippen molar-refractivity contribution in [3.63, 3.8) is 0 Å². The Morgan fingerprint density at radius 3 is 2.04 bits per heavy atom. The van der Waals surface area contributed by atoms with Gasteiger partial charge in [0.1, 0.15) is 0 Å². The maximum absolute atomic E-state index is 8.63. The van der Waals surface area contributed by atoms with Crippen molar-refractivity contribution in [3.05, 3.63) is 47.5 Å². The molecule has 0 saturated heterocycles. The van der Waals surface area contributed by atoms with E-state index in [2.05, 4.69) is 43.3 Å². The molecular weight excluding hydrogens is 326 g/mol. The highest BCUT2D eigenvalue weighted by Crippen LogP contribution is 2.32. The lowest BCUT2D eigenvalue weighted by molar-refractivity contribution is 0.289. The van der Waals surface area contributed by atoms with Crippen LogP contribution in [0.25, 0.3) is 0 Å². The molecule has 1 aromatic carbocycles. The van der Waals surface area contributed by atoms with E-state index in [4.69, 9.17) is 5.26 Å². The minimum Gasteiger partial charge on any atom is -0.193 e. The molecule has 1 fully saturated rings. The first kappa shape index (κ1) is 21.7. The van der Waals surface area contributed by atoms with E-state index in [-0.39, 0.29) is 0 Å². The van der Waals surface area contributed by atoms with Gasteiger partial charge >= 0.3 is 0 Å². The normalized spacial score (nSPS) is 20.0. The van der Waals surface area contributed by atoms with Crippen LogP contribution < -0.4 is 0 Å². The van der Waals surface area contributed by atoms with Crippen LogP contribution in [-0.2, 0) is 12.8 Å². The van der Waals surface area contributed by atoms with E-state index in [9.17, 15) is 0 Å². The largest absolute Gasteiger partial charge is 0.193 e. The van der Waals surface area contributed by atoms with Gasteiger partial charge in [0.15, 0.2) is 0 Å². The second kappa shape index (κ2) is 13.6. The average Bonchev–Trinajstić information content (AvgIpc) is 2.71. The molecule has 1 heteroatoms. The third-order valence-electron chi connectivity index (χ3n) is 6.25. The van der Waals surface area contributed by atoms with Gasteiger partial charge in [-0.15, -0.1) is 0 Å². The minimum atomic E-state index is 0.658. The van der Waals surface area contributed by atoms with Gasteiger partial charge < -0.3 is 0 Å². The van der Waals surface area contributed by atoms with Crippen LogP contribution in [-0.4, -0.2) is 0 Å². The van der Waals surface area contributed by atoms with Crippen molar-refractivity contribution in [1.82, 2.24) is 0 Å². The Balaban J connectivity index is 1.54. The Labute approximate surface area is 167 Å². The highest BCUT2D eigenvalue weighted by molar-refractivity contribution is 5.22. The molecule has 0 heterocycles. The Morgan fingerprint density at radius 1 is 0.852 bits per heavy atom. The van der Waals surface area contributed by atoms with Crippen LogP contribution in [0.3, 0.4) is 0 Å². The molecule has 0 unspecified atom stereocenters. The molecule has 2 rings (SSSR count). The van der Waals surface area contributed by atoms with Crippen molar-refractivity contribution in [2.45, 2.75) is 96.8 Å². The number of nitrogens with zero attached hydrogens (tertiary/aromatic N) is 1. The summed E-state index contributed by atoms with van der Waals surface area (Å²) in [5, 5.41) is 8.63. The average molecular weight is 366 g/mol. The first-order valence-corrected chi connectivity index (χ1v) is 11.5. The summed E-state index contributed by atoms with van der Waals surface area (Å²) in [4.78, 5) is 0. The molecule has 0 radical (unpaired) electrons. The quantitative estimate of drug-likeness (QED) is 0.274. The Bertz CT molecular complexity index is 555. The highest BCUT2D eigenvalue weighted by Gasteiger charge is 2.18. The van der Waals surface area contributed by atoms with E-state index in [0.29, 0.717) is 5.92 Å². The number of benzene rings is 1. The van der Waals surface area contributed by atoms with Gasteiger partial charge in [-0.05, 0) is 74.3 Å². The maximum Gasteiger partial charge on any atom is 0.0908 e.